The highest BCUT2D eigenvalue weighted by atomic mass is 32.1. The molecule has 1 aromatic heterocycles. The molecule has 0 aliphatic carbocycles. The number of unbranched alkanes of at least 4 members (excludes halogenated alkanes) is 1. The van der Waals surface area contributed by atoms with Crippen LogP contribution in [-0.4, -0.2) is 35.5 Å². The van der Waals surface area contributed by atoms with Gasteiger partial charge in [0.2, 0.25) is 5.91 Å². The Morgan fingerprint density at radius 1 is 1.18 bits per heavy atom. The van der Waals surface area contributed by atoms with Crippen molar-refractivity contribution < 1.29 is 13.9 Å². The number of amides is 1. The van der Waals surface area contributed by atoms with Crippen molar-refractivity contribution in [1.82, 2.24) is 9.88 Å². The Morgan fingerprint density at radius 3 is 2.82 bits per heavy atom. The Morgan fingerprint density at radius 2 is 2.00 bits per heavy atom. The quantitative estimate of drug-likeness (QED) is 0.563. The molecule has 0 saturated carbocycles. The minimum absolute atomic E-state index is 0.166. The van der Waals surface area contributed by atoms with E-state index < -0.39 is 0 Å². The molecule has 4 nitrogen and oxygen atoms in total. The molecular formula is C22H23FN2O2S. The summed E-state index contributed by atoms with van der Waals surface area (Å²) < 4.78 is 20.1. The van der Waals surface area contributed by atoms with Crippen molar-refractivity contribution in [2.24, 2.45) is 0 Å². The summed E-state index contributed by atoms with van der Waals surface area (Å²) in [4.78, 5) is 19.1. The van der Waals surface area contributed by atoms with Crippen molar-refractivity contribution in [3.05, 3.63) is 64.9 Å². The number of thiazole rings is 1. The minimum atomic E-state index is -0.263. The van der Waals surface area contributed by atoms with E-state index in [1.807, 2.05) is 23.1 Å². The van der Waals surface area contributed by atoms with E-state index in [1.165, 1.54) is 16.8 Å². The first-order valence-corrected chi connectivity index (χ1v) is 10.5. The average Bonchev–Trinajstić information content (AvgIpc) is 3.14. The van der Waals surface area contributed by atoms with Gasteiger partial charge in [-0.15, -0.1) is 11.3 Å². The minimum Gasteiger partial charge on any atom is -0.370 e. The first-order chi connectivity index (χ1) is 13.7. The summed E-state index contributed by atoms with van der Waals surface area (Å²) in [7, 11) is 0. The highest BCUT2D eigenvalue weighted by Crippen LogP contribution is 2.24. The molecule has 146 valence electrons. The molecule has 0 spiro atoms. The Labute approximate surface area is 168 Å². The van der Waals surface area contributed by atoms with Crippen molar-refractivity contribution in [2.75, 3.05) is 19.7 Å². The highest BCUT2D eigenvalue weighted by molar-refractivity contribution is 7.18. The molecule has 0 radical (unpaired) electrons. The van der Waals surface area contributed by atoms with Crippen LogP contribution < -0.4 is 0 Å². The molecule has 1 aliphatic heterocycles. The van der Waals surface area contributed by atoms with Crippen molar-refractivity contribution >= 4 is 27.5 Å². The predicted octanol–water partition coefficient (Wildman–Crippen LogP) is 4.75. The van der Waals surface area contributed by atoms with Crippen LogP contribution in [-0.2, 0) is 16.0 Å². The second-order valence-electron chi connectivity index (χ2n) is 7.03. The number of rotatable bonds is 6. The number of fused-ring (bicyclic) bond motifs is 1. The Kier molecular flexibility index (Phi) is 5.98. The van der Waals surface area contributed by atoms with Gasteiger partial charge in [0.15, 0.2) is 0 Å². The van der Waals surface area contributed by atoms with Crippen LogP contribution in [0.5, 0.6) is 0 Å². The molecular weight excluding hydrogens is 375 g/mol. The van der Waals surface area contributed by atoms with Gasteiger partial charge >= 0.3 is 0 Å². The SMILES string of the molecule is O=C(CCCCc1nc2ccccc2s1)N1CCO[C@@H](c2ccc(F)cc2)C1. The molecule has 1 fully saturated rings. The fraction of sp³-hybridized carbons (Fsp3) is 0.364. The summed E-state index contributed by atoms with van der Waals surface area (Å²) in [6.07, 6.45) is 3.08. The second-order valence-corrected chi connectivity index (χ2v) is 8.15. The molecule has 2 aromatic carbocycles. The Bertz CT molecular complexity index is 908. The fourth-order valence-electron chi connectivity index (χ4n) is 3.49. The van der Waals surface area contributed by atoms with Crippen LogP contribution in [0.25, 0.3) is 10.2 Å². The molecule has 6 heteroatoms. The molecule has 1 saturated heterocycles. The third-order valence-electron chi connectivity index (χ3n) is 5.03. The zero-order valence-electron chi connectivity index (χ0n) is 15.6. The lowest BCUT2D eigenvalue weighted by atomic mass is 10.1. The van der Waals surface area contributed by atoms with E-state index in [4.69, 9.17) is 4.74 Å². The molecule has 0 unspecified atom stereocenters. The van der Waals surface area contributed by atoms with E-state index in [-0.39, 0.29) is 17.8 Å². The summed E-state index contributed by atoms with van der Waals surface area (Å²) in [6, 6.07) is 14.5. The third kappa shape index (κ3) is 4.56. The van der Waals surface area contributed by atoms with Crippen LogP contribution in [0.3, 0.4) is 0 Å². The number of para-hydroxylation sites is 1. The number of morpholine rings is 1. The van der Waals surface area contributed by atoms with Gasteiger partial charge in [0.25, 0.3) is 0 Å². The number of hydrogen-bond acceptors (Lipinski definition) is 4. The molecule has 1 aliphatic rings. The van der Waals surface area contributed by atoms with Crippen LogP contribution in [0.1, 0.15) is 35.9 Å². The summed E-state index contributed by atoms with van der Waals surface area (Å²) in [5.74, 6) is -0.0969. The zero-order chi connectivity index (χ0) is 19.3. The fourth-order valence-corrected chi connectivity index (χ4v) is 4.50. The lowest BCUT2D eigenvalue weighted by Crippen LogP contribution is -2.42. The van der Waals surface area contributed by atoms with Gasteiger partial charge < -0.3 is 9.64 Å². The van der Waals surface area contributed by atoms with Crippen molar-refractivity contribution in [3.8, 4) is 0 Å². The maximum Gasteiger partial charge on any atom is 0.222 e. The molecule has 28 heavy (non-hydrogen) atoms. The van der Waals surface area contributed by atoms with Crippen molar-refractivity contribution in [2.45, 2.75) is 31.8 Å². The van der Waals surface area contributed by atoms with E-state index >= 15 is 0 Å². The summed E-state index contributed by atoms with van der Waals surface area (Å²) >= 11 is 1.73. The van der Waals surface area contributed by atoms with E-state index in [0.29, 0.717) is 26.1 Å². The third-order valence-corrected chi connectivity index (χ3v) is 6.13. The lowest BCUT2D eigenvalue weighted by Gasteiger charge is -2.33. The molecule has 3 aromatic rings. The van der Waals surface area contributed by atoms with Gasteiger partial charge in [-0.3, -0.25) is 4.79 Å². The van der Waals surface area contributed by atoms with Crippen LogP contribution in [0.2, 0.25) is 0 Å². The Balaban J connectivity index is 1.24. The number of hydrogen-bond donors (Lipinski definition) is 0. The van der Waals surface area contributed by atoms with Gasteiger partial charge in [-0.1, -0.05) is 24.3 Å². The number of aryl methyl sites for hydroxylation is 1. The monoisotopic (exact) mass is 398 g/mol. The summed E-state index contributed by atoms with van der Waals surface area (Å²) in [5, 5.41) is 1.14. The smallest absolute Gasteiger partial charge is 0.222 e. The first-order valence-electron chi connectivity index (χ1n) is 9.68. The number of carbonyl (C=O) groups is 1. The van der Waals surface area contributed by atoms with Crippen LogP contribution in [0.15, 0.2) is 48.5 Å². The van der Waals surface area contributed by atoms with Crippen molar-refractivity contribution in [3.63, 3.8) is 0 Å². The van der Waals surface area contributed by atoms with Gasteiger partial charge in [-0.05, 0) is 49.1 Å². The molecule has 0 bridgehead atoms. The molecule has 1 amide bonds. The number of ether oxygens (including phenoxy) is 1. The molecule has 4 rings (SSSR count). The first kappa shape index (κ1) is 19.0. The van der Waals surface area contributed by atoms with E-state index in [0.717, 1.165) is 35.4 Å². The van der Waals surface area contributed by atoms with Crippen LogP contribution in [0.4, 0.5) is 4.39 Å². The van der Waals surface area contributed by atoms with E-state index in [9.17, 15) is 9.18 Å². The topological polar surface area (TPSA) is 42.4 Å². The molecule has 0 N–H and O–H groups in total. The number of nitrogens with zero attached hydrogens (tertiary/aromatic N) is 2. The zero-order valence-corrected chi connectivity index (χ0v) is 16.5. The number of aromatic nitrogens is 1. The summed E-state index contributed by atoms with van der Waals surface area (Å²) in [6.45, 7) is 1.66. The van der Waals surface area contributed by atoms with Crippen molar-refractivity contribution in [1.29, 1.82) is 0 Å². The van der Waals surface area contributed by atoms with Gasteiger partial charge in [-0.2, -0.15) is 0 Å². The van der Waals surface area contributed by atoms with Gasteiger partial charge in [0, 0.05) is 13.0 Å². The van der Waals surface area contributed by atoms with Gasteiger partial charge in [0.1, 0.15) is 11.9 Å². The number of halogens is 1. The van der Waals surface area contributed by atoms with Crippen LogP contribution in [0, 0.1) is 5.82 Å². The normalized spacial score (nSPS) is 17.2. The maximum atomic E-state index is 13.1. The van der Waals surface area contributed by atoms with E-state index in [1.54, 1.807) is 23.5 Å². The second kappa shape index (κ2) is 8.80. The predicted molar refractivity (Wildman–Crippen MR) is 109 cm³/mol. The maximum absolute atomic E-state index is 13.1. The Hall–Kier alpha value is -2.31. The van der Waals surface area contributed by atoms with E-state index in [2.05, 4.69) is 11.1 Å². The van der Waals surface area contributed by atoms with Crippen LogP contribution >= 0.6 is 11.3 Å². The van der Waals surface area contributed by atoms with Gasteiger partial charge in [0.05, 0.1) is 28.4 Å². The summed E-state index contributed by atoms with van der Waals surface area (Å²) in [5.41, 5.74) is 1.97. The molecule has 2 heterocycles. The number of benzene rings is 2. The lowest BCUT2D eigenvalue weighted by molar-refractivity contribution is -0.139. The average molecular weight is 399 g/mol. The van der Waals surface area contributed by atoms with Gasteiger partial charge in [-0.25, -0.2) is 9.37 Å². The number of carbonyl (C=O) groups excluding carboxylic acids is 1. The molecule has 1 atom stereocenters. The standard InChI is InChI=1S/C22H23FN2O2S/c23-17-11-9-16(10-12-17)19-15-25(13-14-27-19)22(26)8-4-3-7-21-24-18-5-1-2-6-20(18)28-21/h1-2,5-6,9-12,19H,3-4,7-8,13-15H2/t19-/m1/s1. The highest BCUT2D eigenvalue weighted by Gasteiger charge is 2.25. The largest absolute Gasteiger partial charge is 0.370 e.